The highest BCUT2D eigenvalue weighted by atomic mass is 16.4. The summed E-state index contributed by atoms with van der Waals surface area (Å²) < 4.78 is 0. The third-order valence-electron chi connectivity index (χ3n) is 5.15. The van der Waals surface area contributed by atoms with Crippen LogP contribution in [0.1, 0.15) is 110 Å². The lowest BCUT2D eigenvalue weighted by Crippen LogP contribution is -2.05. The van der Waals surface area contributed by atoms with Crippen LogP contribution < -0.4 is 0 Å². The molecule has 0 bridgehead atoms. The molecular formula is C25H44O2. The van der Waals surface area contributed by atoms with Crippen LogP contribution in [0, 0.1) is 5.92 Å². The molecule has 0 amide bonds. The van der Waals surface area contributed by atoms with E-state index in [9.17, 15) is 4.79 Å². The fourth-order valence-corrected chi connectivity index (χ4v) is 3.38. The second-order valence-electron chi connectivity index (χ2n) is 7.69. The Morgan fingerprint density at radius 1 is 0.889 bits per heavy atom. The van der Waals surface area contributed by atoms with Crippen molar-refractivity contribution < 1.29 is 9.90 Å². The van der Waals surface area contributed by atoms with E-state index in [1.165, 1.54) is 89.0 Å². The summed E-state index contributed by atoms with van der Waals surface area (Å²) in [4.78, 5) is 9.37. The fourth-order valence-electron chi connectivity index (χ4n) is 3.38. The summed E-state index contributed by atoms with van der Waals surface area (Å²) in [5.41, 5.74) is 1.47. The number of aliphatic carboxylic acids is 1. The Morgan fingerprint density at radius 3 is 1.96 bits per heavy atom. The summed E-state index contributed by atoms with van der Waals surface area (Å²) in [6.07, 6.45) is 18.9. The van der Waals surface area contributed by atoms with E-state index in [2.05, 4.69) is 44.2 Å². The van der Waals surface area contributed by atoms with Crippen molar-refractivity contribution in [3.63, 3.8) is 0 Å². The van der Waals surface area contributed by atoms with Gasteiger partial charge in [-0.3, -0.25) is 4.79 Å². The number of carboxylic acid groups (broad SMARTS) is 1. The van der Waals surface area contributed by atoms with Gasteiger partial charge in [0.25, 0.3) is 0 Å². The minimum absolute atomic E-state index is 0.222. The molecule has 0 unspecified atom stereocenters. The Kier molecular flexibility index (Phi) is 18.5. The van der Waals surface area contributed by atoms with Crippen molar-refractivity contribution in [3.8, 4) is 0 Å². The number of benzene rings is 1. The van der Waals surface area contributed by atoms with Crippen LogP contribution in [0.25, 0.3) is 0 Å². The second kappa shape index (κ2) is 19.5. The van der Waals surface area contributed by atoms with E-state index in [1.54, 1.807) is 6.92 Å². The van der Waals surface area contributed by atoms with Crippen LogP contribution >= 0.6 is 0 Å². The van der Waals surface area contributed by atoms with Crippen molar-refractivity contribution >= 4 is 5.97 Å². The van der Waals surface area contributed by atoms with Gasteiger partial charge in [-0.1, -0.05) is 122 Å². The zero-order chi connectivity index (χ0) is 20.2. The van der Waals surface area contributed by atoms with Gasteiger partial charge < -0.3 is 5.11 Å². The van der Waals surface area contributed by atoms with Crippen molar-refractivity contribution in [1.82, 2.24) is 0 Å². The van der Waals surface area contributed by atoms with Crippen LogP contribution in [0.15, 0.2) is 30.3 Å². The molecule has 0 heterocycles. The van der Waals surface area contributed by atoms with Crippen LogP contribution in [0.3, 0.4) is 0 Å². The number of hydrogen-bond acceptors (Lipinski definition) is 1. The molecule has 0 spiro atoms. The molecule has 1 aliphatic carbocycles. The van der Waals surface area contributed by atoms with Crippen molar-refractivity contribution in [3.05, 3.63) is 35.9 Å². The molecule has 1 fully saturated rings. The fraction of sp³-hybridized carbons (Fsp3) is 0.720. The minimum Gasteiger partial charge on any atom is -0.481 e. The predicted molar refractivity (Wildman–Crippen MR) is 118 cm³/mol. The van der Waals surface area contributed by atoms with Gasteiger partial charge in [0.2, 0.25) is 0 Å². The van der Waals surface area contributed by atoms with Crippen molar-refractivity contribution in [2.24, 2.45) is 5.92 Å². The maximum absolute atomic E-state index is 9.37. The highest BCUT2D eigenvalue weighted by Gasteiger charge is 2.11. The van der Waals surface area contributed by atoms with Gasteiger partial charge in [0.05, 0.1) is 0 Å². The number of hydrogen-bond donors (Lipinski definition) is 1. The Labute approximate surface area is 168 Å². The molecule has 0 saturated heterocycles. The van der Waals surface area contributed by atoms with Gasteiger partial charge in [-0.25, -0.2) is 0 Å². The number of carboxylic acids is 1. The number of carbonyl (C=O) groups is 1. The van der Waals surface area contributed by atoms with E-state index in [-0.39, 0.29) is 6.42 Å². The predicted octanol–water partition coefficient (Wildman–Crippen LogP) is 8.05. The van der Waals surface area contributed by atoms with Gasteiger partial charge in [-0.2, -0.15) is 0 Å². The topological polar surface area (TPSA) is 37.3 Å². The van der Waals surface area contributed by atoms with E-state index in [4.69, 9.17) is 5.11 Å². The molecule has 0 aliphatic heterocycles. The quantitative estimate of drug-likeness (QED) is 0.443. The first-order valence-corrected chi connectivity index (χ1v) is 11.4. The van der Waals surface area contributed by atoms with Crippen LogP contribution in [0.4, 0.5) is 0 Å². The Morgan fingerprint density at radius 2 is 1.44 bits per heavy atom. The zero-order valence-corrected chi connectivity index (χ0v) is 18.2. The van der Waals surface area contributed by atoms with E-state index >= 15 is 0 Å². The van der Waals surface area contributed by atoms with E-state index in [0.717, 1.165) is 5.92 Å². The lowest BCUT2D eigenvalue weighted by atomic mass is 9.86. The maximum atomic E-state index is 9.37. The monoisotopic (exact) mass is 376 g/mol. The molecule has 1 saturated carbocycles. The molecular weight excluding hydrogens is 332 g/mol. The van der Waals surface area contributed by atoms with Gasteiger partial charge in [0.15, 0.2) is 0 Å². The summed E-state index contributed by atoms with van der Waals surface area (Å²) in [5.74, 6) is 0.361. The largest absolute Gasteiger partial charge is 0.481 e. The number of unbranched alkanes of at least 4 members (excludes halogenated alkanes) is 4. The third-order valence-corrected chi connectivity index (χ3v) is 5.15. The first-order chi connectivity index (χ1) is 13.1. The maximum Gasteiger partial charge on any atom is 0.303 e. The van der Waals surface area contributed by atoms with Crippen LogP contribution in [0.5, 0.6) is 0 Å². The normalized spacial score (nSPS) is 13.7. The molecule has 2 rings (SSSR count). The third kappa shape index (κ3) is 17.8. The van der Waals surface area contributed by atoms with Gasteiger partial charge in [-0.05, 0) is 24.3 Å². The molecule has 0 radical (unpaired) electrons. The van der Waals surface area contributed by atoms with Crippen molar-refractivity contribution in [2.45, 2.75) is 111 Å². The van der Waals surface area contributed by atoms with Gasteiger partial charge in [0.1, 0.15) is 0 Å². The van der Waals surface area contributed by atoms with Gasteiger partial charge in [0, 0.05) is 6.42 Å². The highest BCUT2D eigenvalue weighted by molar-refractivity contribution is 5.66. The molecule has 2 nitrogen and oxygen atoms in total. The summed E-state index contributed by atoms with van der Waals surface area (Å²) >= 11 is 0. The molecule has 156 valence electrons. The SMILES string of the molecule is CCC(=O)O.CCCCCC1CCCCC1.CCCCCc1ccccc1. The van der Waals surface area contributed by atoms with Crippen molar-refractivity contribution in [1.29, 1.82) is 0 Å². The van der Waals surface area contributed by atoms with Crippen LogP contribution in [-0.2, 0) is 11.2 Å². The molecule has 0 aromatic heterocycles. The Balaban J connectivity index is 0.000000405. The lowest BCUT2D eigenvalue weighted by Gasteiger charge is -2.20. The number of rotatable bonds is 9. The van der Waals surface area contributed by atoms with Gasteiger partial charge in [-0.15, -0.1) is 0 Å². The van der Waals surface area contributed by atoms with Crippen LogP contribution in [-0.4, -0.2) is 11.1 Å². The minimum atomic E-state index is -0.745. The standard InChI is InChI=1S/C11H22.C11H16.C3H6O2/c2*1-2-3-5-8-11-9-6-4-7-10-11;1-2-3(4)5/h11H,2-10H2,1H3;4,6-7,9-10H,2-3,5,8H2,1H3;2H2,1H3,(H,4,5). The molecule has 0 atom stereocenters. The van der Waals surface area contributed by atoms with E-state index in [1.807, 2.05) is 0 Å². The highest BCUT2D eigenvalue weighted by Crippen LogP contribution is 2.27. The summed E-state index contributed by atoms with van der Waals surface area (Å²) in [5, 5.41) is 7.72. The Hall–Kier alpha value is -1.31. The molecule has 1 N–H and O–H groups in total. The molecule has 1 aliphatic rings. The van der Waals surface area contributed by atoms with E-state index in [0.29, 0.717) is 0 Å². The Bertz CT molecular complexity index is 421. The average Bonchev–Trinajstić information content (AvgIpc) is 2.71. The smallest absolute Gasteiger partial charge is 0.303 e. The zero-order valence-electron chi connectivity index (χ0n) is 18.2. The summed E-state index contributed by atoms with van der Waals surface area (Å²) in [6.45, 7) is 6.13. The first-order valence-electron chi connectivity index (χ1n) is 11.4. The van der Waals surface area contributed by atoms with Crippen molar-refractivity contribution in [2.75, 3.05) is 0 Å². The lowest BCUT2D eigenvalue weighted by molar-refractivity contribution is -0.136. The molecule has 1 aromatic carbocycles. The number of aryl methyl sites for hydroxylation is 1. The molecule has 1 aromatic rings. The summed E-state index contributed by atoms with van der Waals surface area (Å²) in [7, 11) is 0. The van der Waals surface area contributed by atoms with E-state index < -0.39 is 5.97 Å². The van der Waals surface area contributed by atoms with Crippen LogP contribution in [0.2, 0.25) is 0 Å². The molecule has 27 heavy (non-hydrogen) atoms. The first kappa shape index (κ1) is 25.7. The second-order valence-corrected chi connectivity index (χ2v) is 7.69. The average molecular weight is 377 g/mol. The molecule has 2 heteroatoms. The van der Waals surface area contributed by atoms with Gasteiger partial charge >= 0.3 is 5.97 Å². The summed E-state index contributed by atoms with van der Waals surface area (Å²) in [6, 6.07) is 10.7.